The van der Waals surface area contributed by atoms with Gasteiger partial charge in [0.1, 0.15) is 6.20 Å². The summed E-state index contributed by atoms with van der Waals surface area (Å²) in [5.41, 5.74) is 4.05. The predicted molar refractivity (Wildman–Crippen MR) is 79.5 cm³/mol. The molecule has 4 nitrogen and oxygen atoms in total. The third-order valence-electron chi connectivity index (χ3n) is 3.22. The third kappa shape index (κ3) is 2.09. The minimum atomic E-state index is -0.633. The fraction of sp³-hybridized carbons (Fsp3) is 0. The molecule has 0 N–H and O–H groups in total. The van der Waals surface area contributed by atoms with Crippen molar-refractivity contribution in [1.82, 2.24) is 19.6 Å². The van der Waals surface area contributed by atoms with Crippen LogP contribution in [0, 0.1) is 5.95 Å². The Labute approximate surface area is 123 Å². The maximum atomic E-state index is 13.1. The highest BCUT2D eigenvalue weighted by Crippen LogP contribution is 2.27. The Hall–Kier alpha value is -2.60. The van der Waals surface area contributed by atoms with Crippen LogP contribution in [0.3, 0.4) is 0 Å². The van der Waals surface area contributed by atoms with E-state index in [1.165, 1.54) is 10.1 Å². The van der Waals surface area contributed by atoms with Crippen LogP contribution in [0.15, 0.2) is 53.5 Å². The number of benzene rings is 1. The van der Waals surface area contributed by atoms with Crippen LogP contribution in [0.4, 0.5) is 4.39 Å². The van der Waals surface area contributed by atoms with E-state index in [1.807, 2.05) is 17.5 Å². The summed E-state index contributed by atoms with van der Waals surface area (Å²) in [6, 6.07) is 10.2. The van der Waals surface area contributed by atoms with Gasteiger partial charge in [-0.05, 0) is 34.0 Å². The lowest BCUT2D eigenvalue weighted by Gasteiger charge is -2.03. The largest absolute Gasteiger partial charge is 0.253 e. The Morgan fingerprint density at radius 2 is 1.95 bits per heavy atom. The van der Waals surface area contributed by atoms with E-state index in [4.69, 9.17) is 0 Å². The van der Waals surface area contributed by atoms with Gasteiger partial charge < -0.3 is 0 Å². The summed E-state index contributed by atoms with van der Waals surface area (Å²) in [4.78, 5) is 7.82. The Balaban J connectivity index is 1.87. The second-order valence-corrected chi connectivity index (χ2v) is 5.31. The van der Waals surface area contributed by atoms with Crippen molar-refractivity contribution >= 4 is 17.1 Å². The molecule has 0 aliphatic heterocycles. The highest BCUT2D eigenvalue weighted by molar-refractivity contribution is 7.08. The lowest BCUT2D eigenvalue weighted by atomic mass is 10.0. The number of nitrogens with zero attached hydrogens (tertiary/aromatic N) is 4. The maximum Gasteiger partial charge on any atom is 0.253 e. The number of aromatic nitrogens is 4. The first-order chi connectivity index (χ1) is 10.3. The molecule has 102 valence electrons. The molecule has 0 unspecified atom stereocenters. The van der Waals surface area contributed by atoms with Crippen LogP contribution in [0.2, 0.25) is 0 Å². The highest BCUT2D eigenvalue weighted by atomic mass is 32.1. The molecule has 3 aromatic heterocycles. The summed E-state index contributed by atoms with van der Waals surface area (Å²) in [6.45, 7) is 0. The zero-order chi connectivity index (χ0) is 14.2. The molecule has 0 aliphatic rings. The van der Waals surface area contributed by atoms with E-state index in [0.717, 1.165) is 23.0 Å². The molecule has 6 heteroatoms. The van der Waals surface area contributed by atoms with E-state index in [-0.39, 0.29) is 5.78 Å². The normalized spacial score (nSPS) is 11.1. The first kappa shape index (κ1) is 12.2. The van der Waals surface area contributed by atoms with Crippen molar-refractivity contribution in [3.63, 3.8) is 0 Å². The van der Waals surface area contributed by atoms with Gasteiger partial charge in [0.05, 0.1) is 11.9 Å². The first-order valence-corrected chi connectivity index (χ1v) is 7.25. The van der Waals surface area contributed by atoms with Crippen molar-refractivity contribution in [2.75, 3.05) is 0 Å². The Bertz CT molecular complexity index is 914. The molecule has 0 bridgehead atoms. The van der Waals surface area contributed by atoms with Crippen molar-refractivity contribution in [3.05, 3.63) is 59.4 Å². The van der Waals surface area contributed by atoms with Gasteiger partial charge in [-0.25, -0.2) is 4.98 Å². The maximum absolute atomic E-state index is 13.1. The van der Waals surface area contributed by atoms with Crippen LogP contribution in [-0.2, 0) is 0 Å². The molecule has 1 aromatic carbocycles. The monoisotopic (exact) mass is 296 g/mol. The zero-order valence-corrected chi connectivity index (χ0v) is 11.6. The second kappa shape index (κ2) is 4.75. The van der Waals surface area contributed by atoms with E-state index >= 15 is 0 Å². The van der Waals surface area contributed by atoms with Gasteiger partial charge in [-0.15, -0.1) is 0 Å². The Morgan fingerprint density at radius 3 is 2.81 bits per heavy atom. The van der Waals surface area contributed by atoms with Gasteiger partial charge in [-0.2, -0.15) is 30.3 Å². The fourth-order valence-corrected chi connectivity index (χ4v) is 2.90. The summed E-state index contributed by atoms with van der Waals surface area (Å²) < 4.78 is 14.6. The fourth-order valence-electron chi connectivity index (χ4n) is 2.24. The standard InChI is InChI=1S/C15H9FN4S/c16-14-8-18-20-13(7-17-15(20)19-14)11-3-1-2-10(6-11)12-4-5-21-9-12/h1-9H. The summed E-state index contributed by atoms with van der Waals surface area (Å²) in [7, 11) is 0. The Kier molecular flexibility index (Phi) is 2.75. The van der Waals surface area contributed by atoms with Crippen LogP contribution in [-0.4, -0.2) is 19.6 Å². The van der Waals surface area contributed by atoms with Crippen molar-refractivity contribution in [2.24, 2.45) is 0 Å². The number of fused-ring (bicyclic) bond motifs is 1. The predicted octanol–water partition coefficient (Wildman–Crippen LogP) is 3.66. The molecule has 3 heterocycles. The lowest BCUT2D eigenvalue weighted by molar-refractivity contribution is 0.569. The Morgan fingerprint density at radius 1 is 1.05 bits per heavy atom. The molecular formula is C15H9FN4S. The summed E-state index contributed by atoms with van der Waals surface area (Å²) in [6.07, 6.45) is 2.74. The van der Waals surface area contributed by atoms with Gasteiger partial charge in [-0.3, -0.25) is 0 Å². The van der Waals surface area contributed by atoms with Crippen LogP contribution >= 0.6 is 11.3 Å². The van der Waals surface area contributed by atoms with E-state index in [2.05, 4.69) is 38.6 Å². The molecule has 0 saturated heterocycles. The topological polar surface area (TPSA) is 43.1 Å². The molecular weight excluding hydrogens is 287 g/mol. The first-order valence-electron chi connectivity index (χ1n) is 6.30. The molecule has 21 heavy (non-hydrogen) atoms. The van der Waals surface area contributed by atoms with Gasteiger partial charge in [0.25, 0.3) is 5.78 Å². The highest BCUT2D eigenvalue weighted by Gasteiger charge is 2.10. The van der Waals surface area contributed by atoms with Gasteiger partial charge >= 0.3 is 0 Å². The lowest BCUT2D eigenvalue weighted by Crippen LogP contribution is -1.98. The smallest absolute Gasteiger partial charge is 0.217 e. The van der Waals surface area contributed by atoms with Gasteiger partial charge in [0, 0.05) is 5.56 Å². The molecule has 0 fully saturated rings. The quantitative estimate of drug-likeness (QED) is 0.567. The van der Waals surface area contributed by atoms with E-state index in [9.17, 15) is 4.39 Å². The SMILES string of the molecule is Fc1cnn2c(-c3cccc(-c4ccsc4)c3)cnc2n1. The van der Waals surface area contributed by atoms with Crippen molar-refractivity contribution in [1.29, 1.82) is 0 Å². The van der Waals surface area contributed by atoms with Crippen molar-refractivity contribution in [3.8, 4) is 22.4 Å². The van der Waals surface area contributed by atoms with Gasteiger partial charge in [0.2, 0.25) is 5.95 Å². The number of hydrogen-bond acceptors (Lipinski definition) is 4. The van der Waals surface area contributed by atoms with E-state index in [1.54, 1.807) is 17.5 Å². The van der Waals surface area contributed by atoms with Crippen molar-refractivity contribution < 1.29 is 4.39 Å². The number of hydrogen-bond donors (Lipinski definition) is 0. The van der Waals surface area contributed by atoms with Gasteiger partial charge in [0.15, 0.2) is 0 Å². The zero-order valence-electron chi connectivity index (χ0n) is 10.8. The molecule has 0 saturated carbocycles. The molecule has 0 amide bonds. The van der Waals surface area contributed by atoms with E-state index < -0.39 is 5.95 Å². The van der Waals surface area contributed by atoms with Crippen molar-refractivity contribution in [2.45, 2.75) is 0 Å². The molecule has 0 atom stereocenters. The number of rotatable bonds is 2. The molecule has 4 rings (SSSR count). The average molecular weight is 296 g/mol. The molecule has 0 radical (unpaired) electrons. The van der Waals surface area contributed by atoms with Crippen LogP contribution < -0.4 is 0 Å². The van der Waals surface area contributed by atoms with Crippen LogP contribution in [0.1, 0.15) is 0 Å². The van der Waals surface area contributed by atoms with Gasteiger partial charge in [-0.1, -0.05) is 18.2 Å². The number of halogens is 1. The third-order valence-corrected chi connectivity index (χ3v) is 3.90. The average Bonchev–Trinajstić information content (AvgIpc) is 3.16. The summed E-state index contributed by atoms with van der Waals surface area (Å²) in [5.74, 6) is -0.377. The molecule has 0 aliphatic carbocycles. The second-order valence-electron chi connectivity index (χ2n) is 4.53. The van der Waals surface area contributed by atoms with Crippen LogP contribution in [0.5, 0.6) is 0 Å². The minimum absolute atomic E-state index is 0.255. The van der Waals surface area contributed by atoms with E-state index in [0.29, 0.717) is 0 Å². The number of imidazole rings is 1. The van der Waals surface area contributed by atoms with Crippen LogP contribution in [0.25, 0.3) is 28.2 Å². The molecule has 0 spiro atoms. The minimum Gasteiger partial charge on any atom is -0.217 e. The summed E-state index contributed by atoms with van der Waals surface area (Å²) >= 11 is 1.66. The molecule has 4 aromatic rings. The summed E-state index contributed by atoms with van der Waals surface area (Å²) in [5, 5.41) is 8.17. The number of thiophene rings is 1.